The molecular weight excluding hydrogens is 673 g/mol. The number of aromatic nitrogens is 4. The van der Waals surface area contributed by atoms with Crippen LogP contribution in [0.5, 0.6) is 0 Å². The highest BCUT2D eigenvalue weighted by Gasteiger charge is 2.14. The summed E-state index contributed by atoms with van der Waals surface area (Å²) >= 11 is 0. The second-order valence-corrected chi connectivity index (χ2v) is 13.9. The first-order valence-corrected chi connectivity index (χ1v) is 18.3. The molecule has 6 aromatic carbocycles. The lowest BCUT2D eigenvalue weighted by atomic mass is 9.93. The Hall–Kier alpha value is -7.50. The van der Waals surface area contributed by atoms with E-state index in [2.05, 4.69) is 121 Å². The maximum Gasteiger partial charge on any atom is 0.135 e. The van der Waals surface area contributed by atoms with Crippen molar-refractivity contribution in [2.24, 2.45) is 0 Å². The van der Waals surface area contributed by atoms with Gasteiger partial charge >= 0.3 is 0 Å². The largest absolute Gasteiger partial charge is 0.456 e. The average Bonchev–Trinajstić information content (AvgIpc) is 3.64. The van der Waals surface area contributed by atoms with Gasteiger partial charge in [0, 0.05) is 79.5 Å². The van der Waals surface area contributed by atoms with Crippen LogP contribution in [0.3, 0.4) is 0 Å². The topological polar surface area (TPSA) is 64.7 Å². The fourth-order valence-electron chi connectivity index (χ4n) is 7.82. The molecule has 0 saturated heterocycles. The molecule has 5 heterocycles. The van der Waals surface area contributed by atoms with E-state index in [-0.39, 0.29) is 0 Å². The monoisotopic (exact) mass is 702 g/mol. The van der Waals surface area contributed by atoms with Gasteiger partial charge < -0.3 is 4.42 Å². The second-order valence-electron chi connectivity index (χ2n) is 13.9. The van der Waals surface area contributed by atoms with Crippen LogP contribution in [-0.4, -0.2) is 19.9 Å². The highest BCUT2D eigenvalue weighted by atomic mass is 16.3. The summed E-state index contributed by atoms with van der Waals surface area (Å²) in [6.07, 6.45) is 7.66. The van der Waals surface area contributed by atoms with Gasteiger partial charge in [-0.1, -0.05) is 97.1 Å². The van der Waals surface area contributed by atoms with Crippen LogP contribution in [0.15, 0.2) is 187 Å². The minimum atomic E-state index is 0.877. The molecule has 0 fully saturated rings. The van der Waals surface area contributed by atoms with E-state index in [1.165, 1.54) is 0 Å². The fourth-order valence-corrected chi connectivity index (χ4v) is 7.82. The van der Waals surface area contributed by atoms with E-state index in [1.54, 1.807) is 0 Å². The Bertz CT molecular complexity index is 3250. The number of para-hydroxylation sites is 2. The standard InChI is InChI=1S/C50H30N4O/c1-2-8-31(9-3-1)40-22-34-15-16-35-23-41(30-54-50(35)49(34)53-29-40)36-17-19-45(52-28-36)39-25-37(24-38(26-39)42-13-6-10-32-11-7-21-51-48(32)42)33-18-20-47-44(27-33)43-12-4-5-14-46(43)55-47/h1-30H. The van der Waals surface area contributed by atoms with Crippen molar-refractivity contribution in [2.75, 3.05) is 0 Å². The molecular formula is C50H30N4O. The van der Waals surface area contributed by atoms with Crippen molar-refractivity contribution in [1.82, 2.24) is 19.9 Å². The predicted octanol–water partition coefficient (Wildman–Crippen LogP) is 13.0. The summed E-state index contributed by atoms with van der Waals surface area (Å²) in [6, 6.07) is 55.0. The Balaban J connectivity index is 0.990. The lowest BCUT2D eigenvalue weighted by molar-refractivity contribution is 0.669. The van der Waals surface area contributed by atoms with E-state index < -0.39 is 0 Å². The summed E-state index contributed by atoms with van der Waals surface area (Å²) < 4.78 is 6.16. The zero-order valence-electron chi connectivity index (χ0n) is 29.5. The van der Waals surface area contributed by atoms with Gasteiger partial charge in [0.15, 0.2) is 0 Å². The number of nitrogens with zero attached hydrogens (tertiary/aromatic N) is 4. The molecule has 0 N–H and O–H groups in total. The molecule has 0 aliphatic carbocycles. The normalized spacial score (nSPS) is 11.6. The molecule has 0 unspecified atom stereocenters. The van der Waals surface area contributed by atoms with Crippen LogP contribution in [0.2, 0.25) is 0 Å². The third-order valence-corrected chi connectivity index (χ3v) is 10.6. The SMILES string of the molecule is c1ccc(-c2cnc3c(ccc4cc(-c5ccc(-c6cc(-c7ccc8oc9ccccc9c8c7)cc(-c7cccc8cccnc78)c6)nc5)cnc43)c2)cc1. The number of furan rings is 1. The lowest BCUT2D eigenvalue weighted by Crippen LogP contribution is -1.91. The van der Waals surface area contributed by atoms with E-state index in [9.17, 15) is 0 Å². The maximum atomic E-state index is 6.16. The summed E-state index contributed by atoms with van der Waals surface area (Å²) in [5, 5.41) is 5.41. The molecule has 5 nitrogen and oxygen atoms in total. The van der Waals surface area contributed by atoms with Crippen molar-refractivity contribution in [3.8, 4) is 55.8 Å². The van der Waals surface area contributed by atoms with Crippen molar-refractivity contribution in [2.45, 2.75) is 0 Å². The van der Waals surface area contributed by atoms with Gasteiger partial charge in [0.2, 0.25) is 0 Å². The van der Waals surface area contributed by atoms with Crippen LogP contribution in [-0.2, 0) is 0 Å². The maximum absolute atomic E-state index is 6.16. The van der Waals surface area contributed by atoms with Crippen molar-refractivity contribution in [3.63, 3.8) is 0 Å². The average molecular weight is 703 g/mol. The molecule has 0 aliphatic heterocycles. The first kappa shape index (κ1) is 31.1. The summed E-state index contributed by atoms with van der Waals surface area (Å²) in [5.74, 6) is 0. The number of rotatable bonds is 5. The van der Waals surface area contributed by atoms with Gasteiger partial charge in [0.1, 0.15) is 11.2 Å². The van der Waals surface area contributed by atoms with E-state index >= 15 is 0 Å². The highest BCUT2D eigenvalue weighted by Crippen LogP contribution is 2.38. The molecule has 0 amide bonds. The van der Waals surface area contributed by atoms with Crippen LogP contribution in [0.1, 0.15) is 0 Å². The Kier molecular flexibility index (Phi) is 7.10. The van der Waals surface area contributed by atoms with Crippen LogP contribution < -0.4 is 0 Å². The second kappa shape index (κ2) is 12.6. The summed E-state index contributed by atoms with van der Waals surface area (Å²) in [6.45, 7) is 0. The molecule has 256 valence electrons. The molecule has 0 saturated carbocycles. The minimum Gasteiger partial charge on any atom is -0.456 e. The van der Waals surface area contributed by atoms with E-state index in [4.69, 9.17) is 24.4 Å². The summed E-state index contributed by atoms with van der Waals surface area (Å²) in [4.78, 5) is 19.6. The molecule has 11 rings (SSSR count). The highest BCUT2D eigenvalue weighted by molar-refractivity contribution is 6.07. The third kappa shape index (κ3) is 5.41. The molecule has 0 spiro atoms. The summed E-state index contributed by atoms with van der Waals surface area (Å²) in [5.41, 5.74) is 15.0. The zero-order valence-corrected chi connectivity index (χ0v) is 29.5. The number of fused-ring (bicyclic) bond motifs is 7. The molecule has 0 aliphatic rings. The Morgan fingerprint density at radius 1 is 0.327 bits per heavy atom. The smallest absolute Gasteiger partial charge is 0.135 e. The Morgan fingerprint density at radius 2 is 1.02 bits per heavy atom. The van der Waals surface area contributed by atoms with Crippen LogP contribution in [0, 0.1) is 0 Å². The van der Waals surface area contributed by atoms with Crippen LogP contribution in [0.4, 0.5) is 0 Å². The zero-order chi connectivity index (χ0) is 36.3. The first-order chi connectivity index (χ1) is 27.2. The van der Waals surface area contributed by atoms with Gasteiger partial charge in [-0.3, -0.25) is 19.9 Å². The van der Waals surface area contributed by atoms with E-state index in [1.807, 2.05) is 61.2 Å². The molecule has 0 radical (unpaired) electrons. The van der Waals surface area contributed by atoms with Gasteiger partial charge in [-0.2, -0.15) is 0 Å². The van der Waals surface area contributed by atoms with E-state index in [0.717, 1.165) is 110 Å². The van der Waals surface area contributed by atoms with Crippen molar-refractivity contribution < 1.29 is 4.42 Å². The van der Waals surface area contributed by atoms with Crippen molar-refractivity contribution >= 4 is 54.6 Å². The number of hydrogen-bond acceptors (Lipinski definition) is 5. The third-order valence-electron chi connectivity index (χ3n) is 10.6. The van der Waals surface area contributed by atoms with Gasteiger partial charge in [0.25, 0.3) is 0 Å². The van der Waals surface area contributed by atoms with Crippen LogP contribution >= 0.6 is 0 Å². The Labute approximate surface area is 316 Å². The Morgan fingerprint density at radius 3 is 1.84 bits per heavy atom. The van der Waals surface area contributed by atoms with Crippen molar-refractivity contribution in [3.05, 3.63) is 183 Å². The first-order valence-electron chi connectivity index (χ1n) is 18.3. The van der Waals surface area contributed by atoms with E-state index in [0.29, 0.717) is 0 Å². The number of benzene rings is 6. The quantitative estimate of drug-likeness (QED) is 0.167. The molecule has 0 atom stereocenters. The molecule has 0 bridgehead atoms. The summed E-state index contributed by atoms with van der Waals surface area (Å²) in [7, 11) is 0. The molecule has 5 aromatic heterocycles. The van der Waals surface area contributed by atoms with Gasteiger partial charge in [-0.25, -0.2) is 0 Å². The van der Waals surface area contributed by atoms with Crippen LogP contribution in [0.25, 0.3) is 110 Å². The van der Waals surface area contributed by atoms with Crippen molar-refractivity contribution in [1.29, 1.82) is 0 Å². The van der Waals surface area contributed by atoms with Gasteiger partial charge in [0.05, 0.1) is 22.2 Å². The molecule has 55 heavy (non-hydrogen) atoms. The predicted molar refractivity (Wildman–Crippen MR) is 225 cm³/mol. The molecule has 11 aromatic rings. The number of hydrogen-bond donors (Lipinski definition) is 0. The van der Waals surface area contributed by atoms with Gasteiger partial charge in [-0.05, 0) is 82.9 Å². The molecule has 5 heteroatoms. The minimum absolute atomic E-state index is 0.877. The fraction of sp³-hybridized carbons (Fsp3) is 0. The number of pyridine rings is 4. The van der Waals surface area contributed by atoms with Gasteiger partial charge in [-0.15, -0.1) is 0 Å². The lowest BCUT2D eigenvalue weighted by Gasteiger charge is -2.13.